The largest absolute Gasteiger partial charge is 0.481 e. The predicted octanol–water partition coefficient (Wildman–Crippen LogP) is 4.24. The Morgan fingerprint density at radius 3 is 2.71 bits per heavy atom. The maximum Gasteiger partial charge on any atom is 0.313 e. The molecule has 1 heterocycles. The molecule has 1 aliphatic rings. The zero-order chi connectivity index (χ0) is 17.3. The molecule has 122 valence electrons. The first-order valence-electron chi connectivity index (χ1n) is 7.25. The van der Waals surface area contributed by atoms with E-state index in [0.717, 1.165) is 10.6 Å². The standard InChI is InChI=1S/C17H14N2O4S/c1-10-15(17(20)21)16(11-5-4-6-12(9-11)19(22)23)24-14-8-3-2-7-13(14)18-10/h2-9,15-16H,1H3,(H,20,21). The number of aliphatic carboxylic acids is 1. The molecule has 1 aliphatic heterocycles. The number of carboxylic acids is 1. The molecule has 0 fully saturated rings. The van der Waals surface area contributed by atoms with Crippen LogP contribution in [0.5, 0.6) is 0 Å². The summed E-state index contributed by atoms with van der Waals surface area (Å²) in [6.07, 6.45) is 0. The van der Waals surface area contributed by atoms with Crippen LogP contribution in [0.2, 0.25) is 0 Å². The second kappa shape index (κ2) is 6.45. The molecule has 0 bridgehead atoms. The highest BCUT2D eigenvalue weighted by Gasteiger charge is 2.35. The predicted molar refractivity (Wildman–Crippen MR) is 92.0 cm³/mol. The fraction of sp³-hybridized carbons (Fsp3) is 0.176. The summed E-state index contributed by atoms with van der Waals surface area (Å²) >= 11 is 1.37. The smallest absolute Gasteiger partial charge is 0.313 e. The van der Waals surface area contributed by atoms with E-state index in [1.165, 1.54) is 23.9 Å². The molecule has 2 aromatic rings. The number of para-hydroxylation sites is 1. The zero-order valence-electron chi connectivity index (χ0n) is 12.7. The summed E-state index contributed by atoms with van der Waals surface area (Å²) in [6.45, 7) is 1.69. The Hall–Kier alpha value is -2.67. The van der Waals surface area contributed by atoms with Gasteiger partial charge in [-0.15, -0.1) is 11.8 Å². The lowest BCUT2D eigenvalue weighted by atomic mass is 9.94. The molecule has 0 amide bonds. The summed E-state index contributed by atoms with van der Waals surface area (Å²) in [5, 5.41) is 20.2. The van der Waals surface area contributed by atoms with Gasteiger partial charge in [-0.1, -0.05) is 24.3 Å². The van der Waals surface area contributed by atoms with Crippen LogP contribution in [0.4, 0.5) is 11.4 Å². The number of rotatable bonds is 3. The number of nitrogens with zero attached hydrogens (tertiary/aromatic N) is 2. The molecule has 3 rings (SSSR count). The number of hydrogen-bond acceptors (Lipinski definition) is 5. The second-order valence-electron chi connectivity index (χ2n) is 5.43. The molecule has 7 heteroatoms. The van der Waals surface area contributed by atoms with Crippen molar-refractivity contribution in [2.45, 2.75) is 17.1 Å². The highest BCUT2D eigenvalue weighted by molar-refractivity contribution is 7.99. The fourth-order valence-electron chi connectivity index (χ4n) is 2.72. The third-order valence-corrected chi connectivity index (χ3v) is 5.24. The van der Waals surface area contributed by atoms with Crippen molar-refractivity contribution in [1.29, 1.82) is 0 Å². The van der Waals surface area contributed by atoms with E-state index < -0.39 is 22.1 Å². The maximum absolute atomic E-state index is 11.8. The number of fused-ring (bicyclic) bond motifs is 1. The van der Waals surface area contributed by atoms with Crippen molar-refractivity contribution in [2.75, 3.05) is 0 Å². The summed E-state index contributed by atoms with van der Waals surface area (Å²) in [5.41, 5.74) is 1.76. The molecule has 24 heavy (non-hydrogen) atoms. The number of carbonyl (C=O) groups is 1. The van der Waals surface area contributed by atoms with Gasteiger partial charge in [-0.2, -0.15) is 0 Å². The van der Waals surface area contributed by atoms with Crippen LogP contribution in [0.15, 0.2) is 58.4 Å². The zero-order valence-corrected chi connectivity index (χ0v) is 13.6. The van der Waals surface area contributed by atoms with Gasteiger partial charge < -0.3 is 5.11 Å². The van der Waals surface area contributed by atoms with Gasteiger partial charge in [-0.05, 0) is 24.6 Å². The SMILES string of the molecule is CC1=Nc2ccccc2SC(c2cccc([N+](=O)[O-])c2)C1C(=O)O. The Bertz CT molecular complexity index is 850. The third-order valence-electron chi connectivity index (χ3n) is 3.84. The van der Waals surface area contributed by atoms with Crippen molar-refractivity contribution < 1.29 is 14.8 Å². The molecule has 0 saturated heterocycles. The summed E-state index contributed by atoms with van der Waals surface area (Å²) in [5.74, 6) is -1.85. The van der Waals surface area contributed by atoms with Crippen LogP contribution >= 0.6 is 11.8 Å². The van der Waals surface area contributed by atoms with Crippen molar-refractivity contribution in [3.63, 3.8) is 0 Å². The van der Waals surface area contributed by atoms with Crippen molar-refractivity contribution in [2.24, 2.45) is 10.9 Å². The molecule has 0 aliphatic carbocycles. The third kappa shape index (κ3) is 3.03. The first-order chi connectivity index (χ1) is 11.5. The highest BCUT2D eigenvalue weighted by Crippen LogP contribution is 2.47. The lowest BCUT2D eigenvalue weighted by Gasteiger charge is -2.22. The van der Waals surface area contributed by atoms with Gasteiger partial charge >= 0.3 is 5.97 Å². The molecular formula is C17H14N2O4S. The molecule has 0 radical (unpaired) electrons. The Balaban J connectivity index is 2.13. The Morgan fingerprint density at radius 2 is 2.00 bits per heavy atom. The molecule has 2 unspecified atom stereocenters. The minimum Gasteiger partial charge on any atom is -0.481 e. The van der Waals surface area contributed by atoms with Gasteiger partial charge in [0.1, 0.15) is 5.92 Å². The fourth-order valence-corrected chi connectivity index (χ4v) is 4.11. The lowest BCUT2D eigenvalue weighted by Crippen LogP contribution is -2.26. The molecular weight excluding hydrogens is 328 g/mol. The number of carboxylic acid groups (broad SMARTS) is 1. The molecule has 0 aromatic heterocycles. The van der Waals surface area contributed by atoms with Crippen LogP contribution in [0, 0.1) is 16.0 Å². The van der Waals surface area contributed by atoms with Crippen molar-refractivity contribution in [3.05, 3.63) is 64.2 Å². The minimum atomic E-state index is -0.993. The van der Waals surface area contributed by atoms with Crippen LogP contribution in [0.3, 0.4) is 0 Å². The Labute approximate surface area is 142 Å². The van der Waals surface area contributed by atoms with Crippen LogP contribution in [0.25, 0.3) is 0 Å². The van der Waals surface area contributed by atoms with E-state index in [0.29, 0.717) is 11.3 Å². The summed E-state index contributed by atoms with van der Waals surface area (Å²) in [4.78, 5) is 27.7. The van der Waals surface area contributed by atoms with Gasteiger partial charge in [0, 0.05) is 22.7 Å². The van der Waals surface area contributed by atoms with E-state index in [-0.39, 0.29) is 5.69 Å². The number of aliphatic imine (C=N–C) groups is 1. The van der Waals surface area contributed by atoms with E-state index in [1.54, 1.807) is 19.1 Å². The van der Waals surface area contributed by atoms with Gasteiger partial charge in [-0.25, -0.2) is 0 Å². The number of benzene rings is 2. The number of hydrogen-bond donors (Lipinski definition) is 1. The van der Waals surface area contributed by atoms with Gasteiger partial charge in [0.25, 0.3) is 5.69 Å². The molecule has 6 nitrogen and oxygen atoms in total. The molecule has 2 aromatic carbocycles. The quantitative estimate of drug-likeness (QED) is 0.665. The lowest BCUT2D eigenvalue weighted by molar-refractivity contribution is -0.384. The van der Waals surface area contributed by atoms with Gasteiger partial charge in [-0.3, -0.25) is 19.9 Å². The van der Waals surface area contributed by atoms with Gasteiger partial charge in [0.05, 0.1) is 15.9 Å². The molecule has 0 spiro atoms. The van der Waals surface area contributed by atoms with Gasteiger partial charge in [0.15, 0.2) is 0 Å². The second-order valence-corrected chi connectivity index (χ2v) is 6.61. The van der Waals surface area contributed by atoms with Gasteiger partial charge in [0.2, 0.25) is 0 Å². The summed E-state index contributed by atoms with van der Waals surface area (Å²) in [6, 6.07) is 13.6. The Kier molecular flexibility index (Phi) is 4.35. The number of thioether (sulfide) groups is 1. The van der Waals surface area contributed by atoms with E-state index in [9.17, 15) is 20.0 Å². The normalized spacial score (nSPS) is 19.8. The van der Waals surface area contributed by atoms with Crippen molar-refractivity contribution in [1.82, 2.24) is 0 Å². The van der Waals surface area contributed by atoms with E-state index in [2.05, 4.69) is 4.99 Å². The average molecular weight is 342 g/mol. The molecule has 0 saturated carbocycles. The molecule has 1 N–H and O–H groups in total. The van der Waals surface area contributed by atoms with Crippen LogP contribution in [-0.4, -0.2) is 21.7 Å². The number of nitro benzene ring substituents is 1. The monoisotopic (exact) mass is 342 g/mol. The molecule has 2 atom stereocenters. The first kappa shape index (κ1) is 16.2. The topological polar surface area (TPSA) is 92.8 Å². The van der Waals surface area contributed by atoms with Crippen molar-refractivity contribution >= 4 is 34.8 Å². The summed E-state index contributed by atoms with van der Waals surface area (Å²) < 4.78 is 0. The van der Waals surface area contributed by atoms with Crippen LogP contribution in [0.1, 0.15) is 17.7 Å². The van der Waals surface area contributed by atoms with Crippen LogP contribution < -0.4 is 0 Å². The Morgan fingerprint density at radius 1 is 1.25 bits per heavy atom. The highest BCUT2D eigenvalue weighted by atomic mass is 32.2. The summed E-state index contributed by atoms with van der Waals surface area (Å²) in [7, 11) is 0. The average Bonchev–Trinajstić information content (AvgIpc) is 2.70. The van der Waals surface area contributed by atoms with E-state index >= 15 is 0 Å². The number of non-ortho nitro benzene ring substituents is 1. The van der Waals surface area contributed by atoms with E-state index in [4.69, 9.17) is 0 Å². The first-order valence-corrected chi connectivity index (χ1v) is 8.13. The van der Waals surface area contributed by atoms with Crippen LogP contribution in [-0.2, 0) is 4.79 Å². The number of nitro groups is 1. The van der Waals surface area contributed by atoms with E-state index in [1.807, 2.05) is 24.3 Å². The maximum atomic E-state index is 11.8. The van der Waals surface area contributed by atoms with Crippen molar-refractivity contribution in [3.8, 4) is 0 Å². The minimum absolute atomic E-state index is 0.0515.